The summed E-state index contributed by atoms with van der Waals surface area (Å²) in [5.74, 6) is 2.63. The summed E-state index contributed by atoms with van der Waals surface area (Å²) in [6, 6.07) is 4.82. The normalized spacial score (nSPS) is 19.9. The minimum absolute atomic E-state index is 0.498. The molecule has 3 heterocycles. The molecule has 0 amide bonds. The van der Waals surface area contributed by atoms with Gasteiger partial charge in [0.2, 0.25) is 0 Å². The Morgan fingerprint density at radius 3 is 2.52 bits per heavy atom. The van der Waals surface area contributed by atoms with Crippen LogP contribution in [-0.2, 0) is 11.3 Å². The highest BCUT2D eigenvalue weighted by Crippen LogP contribution is 2.18. The maximum Gasteiger partial charge on any atom is 0.191 e. The number of nitrogens with one attached hydrogen (secondary N) is 2. The van der Waals surface area contributed by atoms with Crippen LogP contribution in [0.5, 0.6) is 0 Å². The Bertz CT molecular complexity index is 666. The van der Waals surface area contributed by atoms with Gasteiger partial charge < -0.3 is 20.3 Å². The molecule has 0 bridgehead atoms. The summed E-state index contributed by atoms with van der Waals surface area (Å²) in [5, 5.41) is 7.05. The van der Waals surface area contributed by atoms with Crippen LogP contribution in [0.3, 0.4) is 0 Å². The summed E-state index contributed by atoms with van der Waals surface area (Å²) in [4.78, 5) is 14.1. The molecule has 1 aromatic rings. The number of guanidine groups is 1. The van der Waals surface area contributed by atoms with Crippen LogP contribution < -0.4 is 15.5 Å². The van der Waals surface area contributed by atoms with Gasteiger partial charge in [0.15, 0.2) is 5.96 Å². The van der Waals surface area contributed by atoms with Crippen LogP contribution in [0.2, 0.25) is 0 Å². The van der Waals surface area contributed by atoms with Gasteiger partial charge >= 0.3 is 0 Å². The molecule has 0 aliphatic carbocycles. The van der Waals surface area contributed by atoms with Gasteiger partial charge in [0, 0.05) is 58.6 Å². The number of pyridine rings is 1. The van der Waals surface area contributed by atoms with E-state index in [4.69, 9.17) is 4.74 Å². The van der Waals surface area contributed by atoms with Crippen LogP contribution in [0, 0.1) is 5.92 Å². The number of aliphatic imine (C=N–C) groups is 1. The fraction of sp³-hybridized carbons (Fsp3) is 0.750. The van der Waals surface area contributed by atoms with Gasteiger partial charge in [-0.3, -0.25) is 9.89 Å². The number of anilines is 1. The molecule has 2 aliphatic rings. The van der Waals surface area contributed by atoms with Gasteiger partial charge in [-0.2, -0.15) is 0 Å². The zero-order valence-corrected chi connectivity index (χ0v) is 19.8. The molecule has 0 spiro atoms. The molecule has 0 radical (unpaired) electrons. The van der Waals surface area contributed by atoms with Crippen molar-refractivity contribution >= 4 is 11.8 Å². The summed E-state index contributed by atoms with van der Waals surface area (Å²) < 4.78 is 5.54. The molecule has 1 unspecified atom stereocenters. The van der Waals surface area contributed by atoms with Gasteiger partial charge in [-0.05, 0) is 42.9 Å². The van der Waals surface area contributed by atoms with Crippen molar-refractivity contribution in [1.82, 2.24) is 20.5 Å². The molecular formula is C24H42N6O. The molecule has 1 atom stereocenters. The number of ether oxygens (including phenoxy) is 1. The van der Waals surface area contributed by atoms with Gasteiger partial charge in [-0.15, -0.1) is 0 Å². The second-order valence-corrected chi connectivity index (χ2v) is 9.16. The molecule has 2 saturated heterocycles. The monoisotopic (exact) mass is 430 g/mol. The van der Waals surface area contributed by atoms with E-state index >= 15 is 0 Å². The molecule has 3 rings (SSSR count). The highest BCUT2D eigenvalue weighted by atomic mass is 16.5. The Labute approximate surface area is 188 Å². The minimum Gasteiger partial charge on any atom is -0.379 e. The quantitative estimate of drug-likeness (QED) is 0.488. The van der Waals surface area contributed by atoms with Gasteiger partial charge in [0.05, 0.1) is 13.2 Å². The molecule has 7 heteroatoms. The fourth-order valence-corrected chi connectivity index (χ4v) is 4.51. The first kappa shape index (κ1) is 23.8. The van der Waals surface area contributed by atoms with E-state index in [0.29, 0.717) is 12.0 Å². The number of rotatable bonds is 8. The average Bonchev–Trinajstić information content (AvgIpc) is 3.08. The zero-order chi connectivity index (χ0) is 21.9. The maximum absolute atomic E-state index is 5.54. The smallest absolute Gasteiger partial charge is 0.191 e. The third-order valence-corrected chi connectivity index (χ3v) is 6.23. The van der Waals surface area contributed by atoms with E-state index in [-0.39, 0.29) is 0 Å². The largest absolute Gasteiger partial charge is 0.379 e. The summed E-state index contributed by atoms with van der Waals surface area (Å²) >= 11 is 0. The van der Waals surface area contributed by atoms with Crippen molar-refractivity contribution < 1.29 is 4.74 Å². The SMILES string of the molecule is CN=C(NCc1ccnc(N2CCCCCC2)c1)NCC(CC(C)C)N1CCOCC1. The Morgan fingerprint density at radius 1 is 1.10 bits per heavy atom. The number of nitrogens with zero attached hydrogens (tertiary/aromatic N) is 4. The molecule has 174 valence electrons. The van der Waals surface area contributed by atoms with Crippen molar-refractivity contribution in [2.45, 2.75) is 58.5 Å². The van der Waals surface area contributed by atoms with E-state index in [1.807, 2.05) is 13.2 Å². The predicted molar refractivity (Wildman–Crippen MR) is 129 cm³/mol. The van der Waals surface area contributed by atoms with Crippen molar-refractivity contribution in [3.05, 3.63) is 23.9 Å². The molecule has 2 fully saturated rings. The molecule has 7 nitrogen and oxygen atoms in total. The molecule has 0 aromatic carbocycles. The molecule has 0 saturated carbocycles. The van der Waals surface area contributed by atoms with Gasteiger partial charge in [-0.1, -0.05) is 26.7 Å². The Kier molecular flexibility index (Phi) is 9.87. The van der Waals surface area contributed by atoms with Crippen molar-refractivity contribution in [3.8, 4) is 0 Å². The Morgan fingerprint density at radius 2 is 1.84 bits per heavy atom. The molecule has 1 aromatic heterocycles. The topological polar surface area (TPSA) is 65.0 Å². The van der Waals surface area contributed by atoms with Crippen LogP contribution >= 0.6 is 0 Å². The highest BCUT2D eigenvalue weighted by Gasteiger charge is 2.22. The first-order valence-corrected chi connectivity index (χ1v) is 12.1. The summed E-state index contributed by atoms with van der Waals surface area (Å²) in [6.45, 7) is 12.2. The number of aromatic nitrogens is 1. The van der Waals surface area contributed by atoms with E-state index in [1.54, 1.807) is 0 Å². The Hall–Kier alpha value is -1.86. The zero-order valence-electron chi connectivity index (χ0n) is 19.8. The third-order valence-electron chi connectivity index (χ3n) is 6.23. The van der Waals surface area contributed by atoms with Crippen molar-refractivity contribution in [2.75, 3.05) is 57.9 Å². The van der Waals surface area contributed by atoms with E-state index in [9.17, 15) is 0 Å². The highest BCUT2D eigenvalue weighted by molar-refractivity contribution is 5.79. The van der Waals surface area contributed by atoms with E-state index < -0.39 is 0 Å². The lowest BCUT2D eigenvalue weighted by Crippen LogP contribution is -2.50. The summed E-state index contributed by atoms with van der Waals surface area (Å²) in [6.07, 6.45) is 8.31. The number of morpholine rings is 1. The Balaban J connectivity index is 1.51. The average molecular weight is 431 g/mol. The second kappa shape index (κ2) is 12.9. The minimum atomic E-state index is 0.498. The number of hydrogen-bond donors (Lipinski definition) is 2. The summed E-state index contributed by atoms with van der Waals surface area (Å²) in [5.41, 5.74) is 1.24. The van der Waals surface area contributed by atoms with Crippen LogP contribution in [0.15, 0.2) is 23.3 Å². The molecule has 31 heavy (non-hydrogen) atoms. The van der Waals surface area contributed by atoms with Crippen LogP contribution in [0.1, 0.15) is 51.5 Å². The second-order valence-electron chi connectivity index (χ2n) is 9.16. The lowest BCUT2D eigenvalue weighted by molar-refractivity contribution is 0.0132. The third kappa shape index (κ3) is 7.96. The van der Waals surface area contributed by atoms with Crippen molar-refractivity contribution in [3.63, 3.8) is 0 Å². The lowest BCUT2D eigenvalue weighted by Gasteiger charge is -2.35. The number of hydrogen-bond acceptors (Lipinski definition) is 5. The fourth-order valence-electron chi connectivity index (χ4n) is 4.51. The van der Waals surface area contributed by atoms with Crippen molar-refractivity contribution in [2.24, 2.45) is 10.9 Å². The van der Waals surface area contributed by atoms with Gasteiger partial charge in [0.1, 0.15) is 5.82 Å². The van der Waals surface area contributed by atoms with Gasteiger partial charge in [0.25, 0.3) is 0 Å². The van der Waals surface area contributed by atoms with Crippen molar-refractivity contribution in [1.29, 1.82) is 0 Å². The first-order valence-electron chi connectivity index (χ1n) is 12.1. The molecule has 2 N–H and O–H groups in total. The first-order chi connectivity index (χ1) is 15.2. The molecular weight excluding hydrogens is 388 g/mol. The van der Waals surface area contributed by atoms with Gasteiger partial charge in [-0.25, -0.2) is 4.98 Å². The summed E-state index contributed by atoms with van der Waals surface area (Å²) in [7, 11) is 1.84. The van der Waals surface area contributed by atoms with E-state index in [0.717, 1.165) is 64.3 Å². The maximum atomic E-state index is 5.54. The molecule has 2 aliphatic heterocycles. The van der Waals surface area contributed by atoms with Crippen LogP contribution in [-0.4, -0.2) is 74.9 Å². The van der Waals surface area contributed by atoms with Crippen LogP contribution in [0.4, 0.5) is 5.82 Å². The van der Waals surface area contributed by atoms with Crippen LogP contribution in [0.25, 0.3) is 0 Å². The van der Waals surface area contributed by atoms with E-state index in [1.165, 1.54) is 37.7 Å². The standard InChI is InChI=1S/C24H42N6O/c1-20(2)16-22(29-12-14-31-15-13-29)19-28-24(25-3)27-18-21-8-9-26-23(17-21)30-10-6-4-5-7-11-30/h8-9,17,20,22H,4-7,10-16,18-19H2,1-3H3,(H2,25,27,28). The predicted octanol–water partition coefficient (Wildman–Crippen LogP) is 2.87. The lowest BCUT2D eigenvalue weighted by atomic mass is 10.0. The van der Waals surface area contributed by atoms with E-state index in [2.05, 4.69) is 56.4 Å².